The molecule has 12 heteroatoms. The highest BCUT2D eigenvalue weighted by Crippen LogP contribution is 2.65. The van der Waals surface area contributed by atoms with Crippen LogP contribution in [0, 0.1) is 39.2 Å². The van der Waals surface area contributed by atoms with Gasteiger partial charge in [0.15, 0.2) is 5.03 Å². The van der Waals surface area contributed by atoms with Crippen LogP contribution < -0.4 is 16.5 Å². The molecule has 6 atom stereocenters. The minimum Gasteiger partial charge on any atom is -0.404 e. The lowest BCUT2D eigenvalue weighted by Gasteiger charge is -2.64. The molecule has 11 nitrogen and oxygen atoms in total. The number of aliphatic imine (C=N–C) groups is 1. The van der Waals surface area contributed by atoms with Gasteiger partial charge in [-0.15, -0.1) is 0 Å². The van der Waals surface area contributed by atoms with Crippen molar-refractivity contribution in [3.05, 3.63) is 10.1 Å². The number of rotatable bonds is 20. The zero-order chi connectivity index (χ0) is 32.5. The van der Waals surface area contributed by atoms with Crippen LogP contribution >= 0.6 is 0 Å². The van der Waals surface area contributed by atoms with Crippen LogP contribution in [0.15, 0.2) is 4.99 Å². The second-order valence-electron chi connectivity index (χ2n) is 14.7. The van der Waals surface area contributed by atoms with Gasteiger partial charge in [0.1, 0.15) is 5.78 Å². The molecule has 1 heterocycles. The molecule has 1 amide bonds. The van der Waals surface area contributed by atoms with Crippen molar-refractivity contribution < 1.29 is 23.9 Å². The lowest BCUT2D eigenvalue weighted by molar-refractivity contribution is -0.525. The molecule has 3 saturated carbocycles. The van der Waals surface area contributed by atoms with E-state index in [0.29, 0.717) is 43.4 Å². The summed E-state index contributed by atoms with van der Waals surface area (Å²) in [5.41, 5.74) is 7.23. The Morgan fingerprint density at radius 1 is 1.09 bits per heavy atom. The average Bonchev–Trinajstić information content (AvgIpc) is 3.30. The molecule has 0 aromatic heterocycles. The number of carbonyl (C=O) groups excluding carboxylic acids is 2. The minimum atomic E-state index is -0.763. The van der Waals surface area contributed by atoms with E-state index >= 15 is 0 Å². The molecule has 3 aliphatic carbocycles. The smallest absolute Gasteiger partial charge is 0.404 e. The second-order valence-corrected chi connectivity index (χ2v) is 14.7. The zero-order valence-electron chi connectivity index (χ0n) is 28.1. The van der Waals surface area contributed by atoms with Gasteiger partial charge in [-0.05, 0) is 68.6 Å². The third-order valence-corrected chi connectivity index (χ3v) is 10.5. The summed E-state index contributed by atoms with van der Waals surface area (Å²) in [7, 11) is -0.534. The van der Waals surface area contributed by atoms with Crippen molar-refractivity contribution in [3.8, 4) is 0 Å². The number of amides is 1. The number of nitrogens with one attached hydrogen (secondary N) is 2. The monoisotopic (exact) mass is 619 g/mol. The molecule has 0 aromatic carbocycles. The first-order chi connectivity index (χ1) is 20.8. The summed E-state index contributed by atoms with van der Waals surface area (Å²) < 4.78 is 13.3. The minimum absolute atomic E-state index is 0.0197. The number of Topliss-reactive ketones (excluding diaryl/α,β-unsaturated/α-hetero) is 1. The molecule has 4 rings (SSSR count). The Morgan fingerprint density at radius 3 is 2.41 bits per heavy atom. The quantitative estimate of drug-likeness (QED) is 0.0409. The van der Waals surface area contributed by atoms with E-state index in [9.17, 15) is 19.7 Å². The van der Waals surface area contributed by atoms with Crippen LogP contribution in [0.5, 0.6) is 0 Å². The van der Waals surface area contributed by atoms with Crippen molar-refractivity contribution in [1.82, 2.24) is 10.7 Å². The highest BCUT2D eigenvalue weighted by atomic mass is 16.7. The lowest BCUT2D eigenvalue weighted by atomic mass is 9.43. The van der Waals surface area contributed by atoms with E-state index in [1.807, 2.05) is 5.43 Å². The molecule has 0 aromatic rings. The number of nitrogens with two attached hydrogens (primary N) is 1. The Hall–Kier alpha value is -2.21. The summed E-state index contributed by atoms with van der Waals surface area (Å²) in [4.78, 5) is 41.4. The SMILES string of the molecule is CCCCCCCCCC(=O)C[C@@H](CCCN=C(N)N[N+](=O)[O-])C(=O)N[C@@H](CC(C)C)B1O[C@@H]2C[C@@H]3C[C@@H](C3(C)C)[C@]2(C)O1. The van der Waals surface area contributed by atoms with Crippen LogP contribution in [-0.4, -0.2) is 54.0 Å². The molecular formula is C32H58BN5O6. The standard InChI is InChI=1S/C32H58BN5O6/c1-7-8-9-10-11-12-13-16-25(39)19-23(15-14-17-35-30(34)37-38(41)42)29(40)36-28(18-22(2)3)33-43-27-21-24-20-26(31(24,4)5)32(27,6)44-33/h22-24,26-28H,7-21H2,1-6H3,(H,36,40)(H3,34,35,37)/t23-,24+,26+,27-,28+,32+/m1/s1. The van der Waals surface area contributed by atoms with Gasteiger partial charge in [0.25, 0.3) is 5.96 Å². The Balaban J connectivity index is 1.63. The number of unbranched alkanes of at least 4 members (excludes halogenated alkanes) is 6. The first-order valence-corrected chi connectivity index (χ1v) is 17.1. The van der Waals surface area contributed by atoms with Gasteiger partial charge in [0, 0.05) is 25.3 Å². The summed E-state index contributed by atoms with van der Waals surface area (Å²) in [6, 6.07) is 0. The number of carbonyl (C=O) groups is 2. The summed E-state index contributed by atoms with van der Waals surface area (Å²) in [5, 5.41) is 13.1. The van der Waals surface area contributed by atoms with Crippen LogP contribution in [0.3, 0.4) is 0 Å². The maximum absolute atomic E-state index is 13.8. The first kappa shape index (κ1) is 36.3. The Morgan fingerprint density at radius 2 is 1.77 bits per heavy atom. The molecule has 250 valence electrons. The molecule has 0 spiro atoms. The molecular weight excluding hydrogens is 561 g/mol. The number of guanidine groups is 1. The molecule has 4 aliphatic rings. The summed E-state index contributed by atoms with van der Waals surface area (Å²) in [5.74, 6) is 0.124. The third kappa shape index (κ3) is 9.65. The maximum atomic E-state index is 13.8. The van der Waals surface area contributed by atoms with Gasteiger partial charge >= 0.3 is 7.12 Å². The van der Waals surface area contributed by atoms with Crippen molar-refractivity contribution in [3.63, 3.8) is 0 Å². The van der Waals surface area contributed by atoms with Gasteiger partial charge in [0.2, 0.25) is 5.91 Å². The van der Waals surface area contributed by atoms with E-state index in [1.54, 1.807) is 0 Å². The lowest BCUT2D eigenvalue weighted by Crippen LogP contribution is -2.65. The fourth-order valence-electron chi connectivity index (χ4n) is 7.77. The summed E-state index contributed by atoms with van der Waals surface area (Å²) in [6.45, 7) is 13.5. The van der Waals surface area contributed by atoms with Crippen molar-refractivity contribution in [2.24, 2.45) is 39.8 Å². The fraction of sp³-hybridized carbons (Fsp3) is 0.906. The predicted molar refractivity (Wildman–Crippen MR) is 173 cm³/mol. The highest BCUT2D eigenvalue weighted by molar-refractivity contribution is 6.47. The van der Waals surface area contributed by atoms with Crippen LogP contribution in [0.25, 0.3) is 0 Å². The summed E-state index contributed by atoms with van der Waals surface area (Å²) >= 11 is 0. The van der Waals surface area contributed by atoms with E-state index in [0.717, 1.165) is 32.1 Å². The molecule has 4 fully saturated rings. The molecule has 4 N–H and O–H groups in total. The molecule has 44 heavy (non-hydrogen) atoms. The molecule has 1 saturated heterocycles. The third-order valence-electron chi connectivity index (χ3n) is 10.5. The van der Waals surface area contributed by atoms with Crippen molar-refractivity contribution in [2.75, 3.05) is 6.54 Å². The number of hydrogen-bond acceptors (Lipinski definition) is 7. The predicted octanol–water partition coefficient (Wildman–Crippen LogP) is 5.38. The Bertz CT molecular complexity index is 1010. The van der Waals surface area contributed by atoms with E-state index in [-0.39, 0.29) is 53.7 Å². The Labute approximate surface area is 264 Å². The number of nitrogens with zero attached hydrogens (tertiary/aromatic N) is 2. The van der Waals surface area contributed by atoms with E-state index < -0.39 is 18.1 Å². The van der Waals surface area contributed by atoms with Crippen LogP contribution in [-0.2, 0) is 18.9 Å². The number of hydrazine groups is 1. The van der Waals surface area contributed by atoms with Gasteiger partial charge in [-0.25, -0.2) is 15.1 Å². The van der Waals surface area contributed by atoms with Crippen LogP contribution in [0.4, 0.5) is 0 Å². The van der Waals surface area contributed by atoms with Gasteiger partial charge in [0.05, 0.1) is 17.6 Å². The normalized spacial score (nSPS) is 26.9. The van der Waals surface area contributed by atoms with Gasteiger partial charge < -0.3 is 20.4 Å². The molecule has 0 radical (unpaired) electrons. The van der Waals surface area contributed by atoms with Crippen LogP contribution in [0.2, 0.25) is 0 Å². The van der Waals surface area contributed by atoms with Crippen molar-refractivity contribution >= 4 is 24.8 Å². The molecule has 0 unspecified atom stereocenters. The maximum Gasteiger partial charge on any atom is 0.481 e. The molecule has 1 aliphatic heterocycles. The van der Waals surface area contributed by atoms with E-state index in [4.69, 9.17) is 15.0 Å². The van der Waals surface area contributed by atoms with Crippen molar-refractivity contribution in [2.45, 2.75) is 149 Å². The fourth-order valence-corrected chi connectivity index (χ4v) is 7.77. The second kappa shape index (κ2) is 16.4. The average molecular weight is 620 g/mol. The Kier molecular flexibility index (Phi) is 13.5. The highest BCUT2D eigenvalue weighted by Gasteiger charge is 2.68. The van der Waals surface area contributed by atoms with Gasteiger partial charge in [-0.2, -0.15) is 0 Å². The topological polar surface area (TPSA) is 158 Å². The number of ketones is 1. The summed E-state index contributed by atoms with van der Waals surface area (Å²) in [6.07, 6.45) is 12.3. The number of nitro groups is 1. The van der Waals surface area contributed by atoms with E-state index in [2.05, 4.69) is 51.9 Å². The van der Waals surface area contributed by atoms with Gasteiger partial charge in [-0.1, -0.05) is 78.6 Å². The zero-order valence-corrected chi connectivity index (χ0v) is 28.1. The largest absolute Gasteiger partial charge is 0.481 e. The van der Waals surface area contributed by atoms with Crippen molar-refractivity contribution in [1.29, 1.82) is 0 Å². The number of hydrogen-bond donors (Lipinski definition) is 3. The van der Waals surface area contributed by atoms with Crippen LogP contribution in [0.1, 0.15) is 131 Å². The molecule has 2 bridgehead atoms. The first-order valence-electron chi connectivity index (χ1n) is 17.1. The van der Waals surface area contributed by atoms with E-state index in [1.165, 1.54) is 25.7 Å². The van der Waals surface area contributed by atoms with Gasteiger partial charge in [-0.3, -0.25) is 9.59 Å².